The number of nitrogens with zero attached hydrogens (tertiary/aromatic N) is 2. The molecule has 1 aromatic rings. The minimum Gasteiger partial charge on any atom is -0.497 e. The van der Waals surface area contributed by atoms with Gasteiger partial charge in [-0.3, -0.25) is 4.99 Å². The van der Waals surface area contributed by atoms with Gasteiger partial charge < -0.3 is 25.0 Å². The number of aliphatic imine (C=N–C) groups is 1. The van der Waals surface area contributed by atoms with Gasteiger partial charge in [0.25, 0.3) is 0 Å². The number of nitrogens with one attached hydrogen (secondary N) is 2. The van der Waals surface area contributed by atoms with Crippen molar-refractivity contribution >= 4 is 29.9 Å². The van der Waals surface area contributed by atoms with Crippen LogP contribution in [0.2, 0.25) is 0 Å². The summed E-state index contributed by atoms with van der Waals surface area (Å²) in [5, 5.41) is 6.71. The summed E-state index contributed by atoms with van der Waals surface area (Å²) in [6, 6.07) is 8.20. The van der Waals surface area contributed by atoms with Crippen molar-refractivity contribution < 1.29 is 9.47 Å². The van der Waals surface area contributed by atoms with Gasteiger partial charge in [0, 0.05) is 18.7 Å². The molecule has 0 spiro atoms. The molecule has 2 atom stereocenters. The van der Waals surface area contributed by atoms with Crippen LogP contribution in [0, 0.1) is 5.92 Å². The van der Waals surface area contributed by atoms with Gasteiger partial charge in [-0.15, -0.1) is 24.0 Å². The molecule has 0 amide bonds. The molecule has 1 aromatic carbocycles. The zero-order valence-electron chi connectivity index (χ0n) is 17.2. The largest absolute Gasteiger partial charge is 0.497 e. The van der Waals surface area contributed by atoms with Crippen LogP contribution >= 0.6 is 24.0 Å². The van der Waals surface area contributed by atoms with Crippen LogP contribution in [0.15, 0.2) is 29.3 Å². The zero-order chi connectivity index (χ0) is 18.9. The van der Waals surface area contributed by atoms with E-state index in [4.69, 9.17) is 14.5 Å². The summed E-state index contributed by atoms with van der Waals surface area (Å²) >= 11 is 0. The van der Waals surface area contributed by atoms with Crippen LogP contribution < -0.4 is 20.1 Å². The molecule has 0 aliphatic heterocycles. The van der Waals surface area contributed by atoms with E-state index in [-0.39, 0.29) is 30.1 Å². The molecule has 0 bridgehead atoms. The average molecular weight is 490 g/mol. The van der Waals surface area contributed by atoms with Crippen LogP contribution in [-0.4, -0.2) is 63.8 Å². The third kappa shape index (κ3) is 8.55. The fraction of sp³-hybridized carbons (Fsp3) is 0.650. The molecule has 7 heteroatoms. The summed E-state index contributed by atoms with van der Waals surface area (Å²) in [7, 11) is 5.94. The van der Waals surface area contributed by atoms with E-state index in [0.717, 1.165) is 36.5 Å². The first kappa shape index (κ1) is 23.8. The fourth-order valence-corrected chi connectivity index (χ4v) is 2.93. The number of likely N-dealkylation sites (N-methyl/N-ethyl adjacent to an activating group) is 1. The highest BCUT2D eigenvalue weighted by molar-refractivity contribution is 14.0. The Morgan fingerprint density at radius 2 is 1.96 bits per heavy atom. The average Bonchev–Trinajstić information content (AvgIpc) is 3.44. The Labute approximate surface area is 181 Å². The molecule has 0 heterocycles. The molecule has 0 radical (unpaired) electrons. The highest BCUT2D eigenvalue weighted by Crippen LogP contribution is 2.34. The standard InChI is InChI=1S/C20H34N4O2.HI/c1-6-21-20(23-14-19(24(3)4)16-10-11-16)22-13-15(2)26-18-9-7-8-17(12-18)25-5;/h7-9,12,15-16,19H,6,10-11,13-14H2,1-5H3,(H2,21,22,23);1H. The quantitative estimate of drug-likeness (QED) is 0.300. The van der Waals surface area contributed by atoms with Gasteiger partial charge >= 0.3 is 0 Å². The molecule has 154 valence electrons. The SMILES string of the molecule is CCNC(=NCC(C1CC1)N(C)C)NCC(C)Oc1cccc(OC)c1.I. The van der Waals surface area contributed by atoms with Gasteiger partial charge in [-0.2, -0.15) is 0 Å². The van der Waals surface area contributed by atoms with Crippen molar-refractivity contribution in [2.75, 3.05) is 40.8 Å². The first-order valence-electron chi connectivity index (χ1n) is 9.52. The van der Waals surface area contributed by atoms with Gasteiger partial charge in [0.2, 0.25) is 0 Å². The summed E-state index contributed by atoms with van der Waals surface area (Å²) in [6.07, 6.45) is 2.67. The Hall–Kier alpha value is -1.22. The molecule has 6 nitrogen and oxygen atoms in total. The van der Waals surface area contributed by atoms with Crippen molar-refractivity contribution in [1.82, 2.24) is 15.5 Å². The van der Waals surface area contributed by atoms with Gasteiger partial charge in [0.15, 0.2) is 5.96 Å². The molecule has 1 aliphatic rings. The van der Waals surface area contributed by atoms with Crippen LogP contribution in [0.4, 0.5) is 0 Å². The van der Waals surface area contributed by atoms with Crippen molar-refractivity contribution in [3.05, 3.63) is 24.3 Å². The molecule has 0 saturated heterocycles. The number of ether oxygens (including phenoxy) is 2. The van der Waals surface area contributed by atoms with Crippen LogP contribution in [0.1, 0.15) is 26.7 Å². The van der Waals surface area contributed by atoms with E-state index in [1.807, 2.05) is 31.2 Å². The summed E-state index contributed by atoms with van der Waals surface area (Å²) in [5.74, 6) is 3.25. The Morgan fingerprint density at radius 3 is 2.56 bits per heavy atom. The minimum atomic E-state index is 0. The number of benzene rings is 1. The molecule has 1 saturated carbocycles. The number of guanidine groups is 1. The molecule has 27 heavy (non-hydrogen) atoms. The Morgan fingerprint density at radius 1 is 1.26 bits per heavy atom. The van der Waals surface area contributed by atoms with E-state index in [2.05, 4.69) is 36.6 Å². The second-order valence-electron chi connectivity index (χ2n) is 7.08. The van der Waals surface area contributed by atoms with Crippen molar-refractivity contribution in [2.24, 2.45) is 10.9 Å². The zero-order valence-corrected chi connectivity index (χ0v) is 19.5. The number of methoxy groups -OCH3 is 1. The lowest BCUT2D eigenvalue weighted by Gasteiger charge is -2.23. The topological polar surface area (TPSA) is 58.1 Å². The summed E-state index contributed by atoms with van der Waals surface area (Å²) in [5.41, 5.74) is 0. The van der Waals surface area contributed by atoms with Gasteiger partial charge in [-0.25, -0.2) is 0 Å². The maximum absolute atomic E-state index is 5.96. The van der Waals surface area contributed by atoms with Crippen molar-refractivity contribution in [2.45, 2.75) is 38.8 Å². The predicted molar refractivity (Wildman–Crippen MR) is 123 cm³/mol. The lowest BCUT2D eigenvalue weighted by Crippen LogP contribution is -2.43. The Bertz CT molecular complexity index is 577. The first-order valence-corrected chi connectivity index (χ1v) is 9.52. The monoisotopic (exact) mass is 490 g/mol. The van der Waals surface area contributed by atoms with E-state index >= 15 is 0 Å². The van der Waals surface area contributed by atoms with Crippen LogP contribution in [0.25, 0.3) is 0 Å². The van der Waals surface area contributed by atoms with Gasteiger partial charge in [-0.05, 0) is 58.8 Å². The molecular weight excluding hydrogens is 455 g/mol. The van der Waals surface area contributed by atoms with E-state index in [1.165, 1.54) is 12.8 Å². The maximum atomic E-state index is 5.96. The summed E-state index contributed by atoms with van der Waals surface area (Å²) < 4.78 is 11.2. The van der Waals surface area contributed by atoms with E-state index in [1.54, 1.807) is 7.11 Å². The smallest absolute Gasteiger partial charge is 0.191 e. The second-order valence-corrected chi connectivity index (χ2v) is 7.08. The highest BCUT2D eigenvalue weighted by atomic mass is 127. The lowest BCUT2D eigenvalue weighted by atomic mass is 10.2. The van der Waals surface area contributed by atoms with Crippen LogP contribution in [0.3, 0.4) is 0 Å². The highest BCUT2D eigenvalue weighted by Gasteiger charge is 2.32. The molecule has 0 aromatic heterocycles. The summed E-state index contributed by atoms with van der Waals surface area (Å²) in [4.78, 5) is 7.07. The van der Waals surface area contributed by atoms with Crippen LogP contribution in [0.5, 0.6) is 11.5 Å². The first-order chi connectivity index (χ1) is 12.5. The molecule has 2 N–H and O–H groups in total. The third-order valence-corrected chi connectivity index (χ3v) is 4.55. The van der Waals surface area contributed by atoms with Crippen molar-refractivity contribution in [3.8, 4) is 11.5 Å². The molecule has 2 unspecified atom stereocenters. The number of halogens is 1. The van der Waals surface area contributed by atoms with Crippen LogP contribution in [-0.2, 0) is 0 Å². The molecule has 1 aliphatic carbocycles. The second kappa shape index (κ2) is 12.3. The van der Waals surface area contributed by atoms with Gasteiger partial charge in [-0.1, -0.05) is 6.07 Å². The van der Waals surface area contributed by atoms with E-state index in [0.29, 0.717) is 12.6 Å². The number of hydrogen-bond donors (Lipinski definition) is 2. The molecule has 1 fully saturated rings. The normalized spacial score (nSPS) is 16.3. The number of rotatable bonds is 10. The minimum absolute atomic E-state index is 0. The van der Waals surface area contributed by atoms with E-state index < -0.39 is 0 Å². The lowest BCUT2D eigenvalue weighted by molar-refractivity contribution is 0.222. The van der Waals surface area contributed by atoms with Gasteiger partial charge in [0.05, 0.1) is 20.2 Å². The van der Waals surface area contributed by atoms with Gasteiger partial charge in [0.1, 0.15) is 17.6 Å². The Balaban J connectivity index is 0.00000364. The Kier molecular flexibility index (Phi) is 10.8. The third-order valence-electron chi connectivity index (χ3n) is 4.55. The number of hydrogen-bond acceptors (Lipinski definition) is 4. The fourth-order valence-electron chi connectivity index (χ4n) is 2.93. The maximum Gasteiger partial charge on any atom is 0.191 e. The molecule has 2 rings (SSSR count). The van der Waals surface area contributed by atoms with Crippen molar-refractivity contribution in [3.63, 3.8) is 0 Å². The van der Waals surface area contributed by atoms with E-state index in [9.17, 15) is 0 Å². The van der Waals surface area contributed by atoms with Crippen molar-refractivity contribution in [1.29, 1.82) is 0 Å². The molecular formula is C20H35IN4O2. The predicted octanol–water partition coefficient (Wildman–Crippen LogP) is 2.98. The summed E-state index contributed by atoms with van der Waals surface area (Å²) in [6.45, 7) is 6.46.